The highest BCUT2D eigenvalue weighted by Crippen LogP contribution is 2.07. The summed E-state index contributed by atoms with van der Waals surface area (Å²) < 4.78 is 0. The maximum atomic E-state index is 11.4. The third kappa shape index (κ3) is 1.59. The zero-order valence-corrected chi connectivity index (χ0v) is 7.68. The van der Waals surface area contributed by atoms with E-state index < -0.39 is 0 Å². The Labute approximate surface area is 82.0 Å². The van der Waals surface area contributed by atoms with Crippen molar-refractivity contribution in [1.29, 1.82) is 0 Å². The van der Waals surface area contributed by atoms with E-state index in [0.29, 0.717) is 13.2 Å². The van der Waals surface area contributed by atoms with E-state index in [9.17, 15) is 4.79 Å². The summed E-state index contributed by atoms with van der Waals surface area (Å²) in [7, 11) is 0. The summed E-state index contributed by atoms with van der Waals surface area (Å²) in [4.78, 5) is 16.9. The number of nitrogens with two attached hydrogens (primary N) is 1. The Balaban J connectivity index is 2.04. The Kier molecular flexibility index (Phi) is 2.18. The van der Waals surface area contributed by atoms with Crippen LogP contribution in [0.3, 0.4) is 0 Å². The molecule has 1 aromatic rings. The second-order valence-electron chi connectivity index (χ2n) is 3.17. The molecule has 1 aromatic carbocycles. The predicted molar refractivity (Wildman–Crippen MR) is 53.5 cm³/mol. The van der Waals surface area contributed by atoms with Crippen molar-refractivity contribution >= 4 is 11.7 Å². The van der Waals surface area contributed by atoms with Crippen LogP contribution in [0.1, 0.15) is 5.56 Å². The average molecular weight is 189 g/mol. The molecular weight excluding hydrogens is 178 g/mol. The van der Waals surface area contributed by atoms with Gasteiger partial charge < -0.3 is 10.6 Å². The summed E-state index contributed by atoms with van der Waals surface area (Å²) in [5.41, 5.74) is 6.47. The zero-order chi connectivity index (χ0) is 9.97. The standard InChI is InChI=1S/C10H11N3O/c11-9-10(14)13(7-12-9)6-8-4-2-1-3-5-8/h1-5H,6-7H2,(H2,11,12). The molecule has 1 aliphatic heterocycles. The lowest BCUT2D eigenvalue weighted by molar-refractivity contribution is -0.123. The highest BCUT2D eigenvalue weighted by molar-refractivity contribution is 6.38. The fraction of sp³-hybridized carbons (Fsp3) is 0.200. The minimum atomic E-state index is -0.172. The highest BCUT2D eigenvalue weighted by Gasteiger charge is 2.22. The van der Waals surface area contributed by atoms with Gasteiger partial charge in [0.1, 0.15) is 6.67 Å². The van der Waals surface area contributed by atoms with E-state index in [1.165, 1.54) is 0 Å². The molecule has 0 atom stereocenters. The van der Waals surface area contributed by atoms with Gasteiger partial charge in [-0.05, 0) is 5.56 Å². The molecule has 4 nitrogen and oxygen atoms in total. The second-order valence-corrected chi connectivity index (χ2v) is 3.17. The van der Waals surface area contributed by atoms with Gasteiger partial charge in [0.25, 0.3) is 5.91 Å². The van der Waals surface area contributed by atoms with E-state index in [4.69, 9.17) is 5.73 Å². The lowest BCUT2D eigenvalue weighted by Gasteiger charge is -2.13. The van der Waals surface area contributed by atoms with Crippen molar-refractivity contribution in [3.05, 3.63) is 35.9 Å². The Bertz CT molecular complexity index is 372. The fourth-order valence-electron chi connectivity index (χ4n) is 1.38. The first-order valence-electron chi connectivity index (χ1n) is 4.40. The second kappa shape index (κ2) is 3.49. The number of nitrogens with zero attached hydrogens (tertiary/aromatic N) is 2. The van der Waals surface area contributed by atoms with Crippen LogP contribution in [0.15, 0.2) is 35.3 Å². The van der Waals surface area contributed by atoms with E-state index in [0.717, 1.165) is 5.56 Å². The van der Waals surface area contributed by atoms with Crippen molar-refractivity contribution in [3.8, 4) is 0 Å². The van der Waals surface area contributed by atoms with Gasteiger partial charge in [-0.25, -0.2) is 4.99 Å². The normalized spacial score (nSPS) is 15.9. The molecule has 2 rings (SSSR count). The van der Waals surface area contributed by atoms with Gasteiger partial charge in [-0.3, -0.25) is 4.79 Å². The van der Waals surface area contributed by atoms with E-state index in [2.05, 4.69) is 4.99 Å². The van der Waals surface area contributed by atoms with Crippen LogP contribution < -0.4 is 5.73 Å². The van der Waals surface area contributed by atoms with Crippen molar-refractivity contribution in [2.24, 2.45) is 10.7 Å². The maximum Gasteiger partial charge on any atom is 0.290 e. The molecule has 0 saturated carbocycles. The number of rotatable bonds is 2. The van der Waals surface area contributed by atoms with Crippen LogP contribution in [-0.4, -0.2) is 23.3 Å². The molecule has 72 valence electrons. The van der Waals surface area contributed by atoms with Gasteiger partial charge >= 0.3 is 0 Å². The molecular formula is C10H11N3O. The quantitative estimate of drug-likeness (QED) is 0.729. The van der Waals surface area contributed by atoms with E-state index >= 15 is 0 Å². The number of hydrogen-bond donors (Lipinski definition) is 1. The summed E-state index contributed by atoms with van der Waals surface area (Å²) in [6.07, 6.45) is 0. The van der Waals surface area contributed by atoms with Crippen molar-refractivity contribution in [3.63, 3.8) is 0 Å². The topological polar surface area (TPSA) is 58.7 Å². The first-order chi connectivity index (χ1) is 6.77. The summed E-state index contributed by atoms with van der Waals surface area (Å²) in [6, 6.07) is 9.78. The molecule has 0 aliphatic carbocycles. The lowest BCUT2D eigenvalue weighted by atomic mass is 10.2. The number of aliphatic imine (C=N–C) groups is 1. The average Bonchev–Trinajstić information content (AvgIpc) is 2.52. The number of benzene rings is 1. The predicted octanol–water partition coefficient (Wildman–Crippen LogP) is 0.343. The third-order valence-electron chi connectivity index (χ3n) is 2.13. The van der Waals surface area contributed by atoms with Gasteiger partial charge in [-0.2, -0.15) is 0 Å². The number of carbonyl (C=O) groups is 1. The summed E-state index contributed by atoms with van der Waals surface area (Å²) >= 11 is 0. The highest BCUT2D eigenvalue weighted by atomic mass is 16.2. The molecule has 0 fully saturated rings. The molecule has 0 saturated heterocycles. The number of carbonyl (C=O) groups excluding carboxylic acids is 1. The molecule has 1 heterocycles. The lowest BCUT2D eigenvalue weighted by Crippen LogP contribution is -2.33. The largest absolute Gasteiger partial charge is 0.379 e. The minimum absolute atomic E-state index is 0.112. The van der Waals surface area contributed by atoms with Crippen LogP contribution >= 0.6 is 0 Å². The van der Waals surface area contributed by atoms with Gasteiger partial charge in [0.2, 0.25) is 0 Å². The van der Waals surface area contributed by atoms with E-state index in [1.54, 1.807) is 4.90 Å². The molecule has 1 amide bonds. The summed E-state index contributed by atoms with van der Waals surface area (Å²) in [6.45, 7) is 0.948. The molecule has 0 spiro atoms. The number of hydrogen-bond acceptors (Lipinski definition) is 3. The molecule has 4 heteroatoms. The maximum absolute atomic E-state index is 11.4. The molecule has 0 unspecified atom stereocenters. The molecule has 14 heavy (non-hydrogen) atoms. The van der Waals surface area contributed by atoms with Gasteiger partial charge in [0.15, 0.2) is 5.84 Å². The van der Waals surface area contributed by atoms with Crippen LogP contribution in [0.5, 0.6) is 0 Å². The first-order valence-corrected chi connectivity index (χ1v) is 4.40. The van der Waals surface area contributed by atoms with Crippen molar-refractivity contribution in [2.75, 3.05) is 6.67 Å². The van der Waals surface area contributed by atoms with Crippen molar-refractivity contribution in [1.82, 2.24) is 4.90 Å². The third-order valence-corrected chi connectivity index (χ3v) is 2.13. The molecule has 0 radical (unpaired) electrons. The Morgan fingerprint density at radius 3 is 2.64 bits per heavy atom. The van der Waals surface area contributed by atoms with Crippen molar-refractivity contribution < 1.29 is 4.79 Å². The number of amides is 1. The number of amidine groups is 1. The van der Waals surface area contributed by atoms with Gasteiger partial charge in [0.05, 0.1) is 0 Å². The van der Waals surface area contributed by atoms with Crippen LogP contribution in [0.2, 0.25) is 0 Å². The minimum Gasteiger partial charge on any atom is -0.379 e. The molecule has 1 aliphatic rings. The summed E-state index contributed by atoms with van der Waals surface area (Å²) in [5.74, 6) is -0.0604. The Morgan fingerprint density at radius 2 is 2.07 bits per heavy atom. The Morgan fingerprint density at radius 1 is 1.36 bits per heavy atom. The van der Waals surface area contributed by atoms with Gasteiger partial charge in [-0.15, -0.1) is 0 Å². The Hall–Kier alpha value is -1.84. The van der Waals surface area contributed by atoms with Crippen LogP contribution in [0.4, 0.5) is 0 Å². The zero-order valence-electron chi connectivity index (χ0n) is 7.68. The monoisotopic (exact) mass is 189 g/mol. The molecule has 2 N–H and O–H groups in total. The smallest absolute Gasteiger partial charge is 0.290 e. The summed E-state index contributed by atoms with van der Waals surface area (Å²) in [5, 5.41) is 0. The van der Waals surface area contributed by atoms with Gasteiger partial charge in [0, 0.05) is 6.54 Å². The fourth-order valence-corrected chi connectivity index (χ4v) is 1.38. The SMILES string of the molecule is NC1=NCN(Cc2ccccc2)C1=O. The van der Waals surface area contributed by atoms with Crippen LogP contribution in [-0.2, 0) is 11.3 Å². The molecule has 0 bridgehead atoms. The van der Waals surface area contributed by atoms with Crippen LogP contribution in [0.25, 0.3) is 0 Å². The first kappa shape index (κ1) is 8.74. The van der Waals surface area contributed by atoms with Crippen molar-refractivity contribution in [2.45, 2.75) is 6.54 Å². The van der Waals surface area contributed by atoms with E-state index in [1.807, 2.05) is 30.3 Å². The van der Waals surface area contributed by atoms with E-state index in [-0.39, 0.29) is 11.7 Å². The van der Waals surface area contributed by atoms with Crippen LogP contribution in [0, 0.1) is 0 Å². The molecule has 0 aromatic heterocycles. The van der Waals surface area contributed by atoms with Gasteiger partial charge in [-0.1, -0.05) is 30.3 Å².